The summed E-state index contributed by atoms with van der Waals surface area (Å²) in [7, 11) is 2.11. The molecule has 3 nitrogen and oxygen atoms in total. The molecule has 1 aromatic rings. The van der Waals surface area contributed by atoms with E-state index in [4.69, 9.17) is 23.2 Å². The SMILES string of the molecule is C[C@@H](C(=O)Nc1ccc(Cl)cc1Cl)[NH+](C)C1CCCCC1. The van der Waals surface area contributed by atoms with Gasteiger partial charge < -0.3 is 10.2 Å². The zero-order valence-electron chi connectivity index (χ0n) is 12.6. The van der Waals surface area contributed by atoms with Crippen LogP contribution in [-0.4, -0.2) is 25.0 Å². The van der Waals surface area contributed by atoms with Gasteiger partial charge in [-0.15, -0.1) is 0 Å². The lowest BCUT2D eigenvalue weighted by Crippen LogP contribution is -3.17. The predicted molar refractivity (Wildman–Crippen MR) is 88.3 cm³/mol. The highest BCUT2D eigenvalue weighted by Gasteiger charge is 2.30. The first kappa shape index (κ1) is 16.6. The largest absolute Gasteiger partial charge is 0.325 e. The number of carbonyl (C=O) groups excluding carboxylic acids is 1. The minimum absolute atomic E-state index is 0.00213. The maximum atomic E-state index is 12.4. The standard InChI is InChI=1S/C16H22Cl2N2O/c1-11(20(2)13-6-4-3-5-7-13)16(21)19-15-9-8-12(17)10-14(15)18/h8-11,13H,3-7H2,1-2H3,(H,19,21)/p+1/t11-/m0/s1. The molecule has 0 bridgehead atoms. The number of likely N-dealkylation sites (N-methyl/N-ethyl adjacent to an activating group) is 1. The number of amides is 1. The van der Waals surface area contributed by atoms with Gasteiger partial charge in [-0.25, -0.2) is 0 Å². The van der Waals surface area contributed by atoms with Crippen LogP contribution < -0.4 is 10.2 Å². The average molecular weight is 330 g/mol. The van der Waals surface area contributed by atoms with Crippen LogP contribution in [0.5, 0.6) is 0 Å². The van der Waals surface area contributed by atoms with Crippen molar-refractivity contribution in [2.75, 3.05) is 12.4 Å². The van der Waals surface area contributed by atoms with E-state index in [1.165, 1.54) is 37.0 Å². The van der Waals surface area contributed by atoms with E-state index in [1.807, 2.05) is 6.92 Å². The smallest absolute Gasteiger partial charge is 0.282 e. The van der Waals surface area contributed by atoms with Gasteiger partial charge >= 0.3 is 0 Å². The second-order valence-electron chi connectivity index (χ2n) is 5.91. The Morgan fingerprint density at radius 1 is 1.29 bits per heavy atom. The van der Waals surface area contributed by atoms with Crippen molar-refractivity contribution in [2.24, 2.45) is 0 Å². The monoisotopic (exact) mass is 329 g/mol. The molecule has 1 saturated carbocycles. The van der Waals surface area contributed by atoms with Gasteiger partial charge in [-0.2, -0.15) is 0 Å². The Bertz CT molecular complexity index is 501. The van der Waals surface area contributed by atoms with Crippen LogP contribution in [0.4, 0.5) is 5.69 Å². The molecule has 0 aliphatic heterocycles. The number of hydrogen-bond donors (Lipinski definition) is 2. The third-order valence-electron chi connectivity index (χ3n) is 4.51. The van der Waals surface area contributed by atoms with Gasteiger partial charge in [-0.05, 0) is 50.8 Å². The predicted octanol–water partition coefficient (Wildman–Crippen LogP) is 3.17. The van der Waals surface area contributed by atoms with Crippen LogP contribution in [0, 0.1) is 0 Å². The van der Waals surface area contributed by atoms with Crippen molar-refractivity contribution in [2.45, 2.75) is 51.1 Å². The molecule has 0 heterocycles. The fourth-order valence-electron chi connectivity index (χ4n) is 2.95. The molecular formula is C16H23Cl2N2O+. The van der Waals surface area contributed by atoms with Crippen LogP contribution in [0.15, 0.2) is 18.2 Å². The Labute approximate surface area is 136 Å². The summed E-state index contributed by atoms with van der Waals surface area (Å²) in [4.78, 5) is 13.7. The van der Waals surface area contributed by atoms with Crippen molar-refractivity contribution >= 4 is 34.8 Å². The molecule has 0 spiro atoms. The fraction of sp³-hybridized carbons (Fsp3) is 0.562. The third kappa shape index (κ3) is 4.35. The maximum absolute atomic E-state index is 12.4. The molecule has 1 aliphatic carbocycles. The molecule has 0 saturated heterocycles. The third-order valence-corrected chi connectivity index (χ3v) is 5.06. The van der Waals surface area contributed by atoms with E-state index in [1.54, 1.807) is 18.2 Å². The van der Waals surface area contributed by atoms with Crippen molar-refractivity contribution in [1.29, 1.82) is 0 Å². The molecule has 5 heteroatoms. The molecule has 2 N–H and O–H groups in total. The first-order valence-corrected chi connectivity index (χ1v) is 8.34. The lowest BCUT2D eigenvalue weighted by Gasteiger charge is -2.31. The van der Waals surface area contributed by atoms with E-state index in [0.29, 0.717) is 21.8 Å². The number of benzene rings is 1. The first-order chi connectivity index (χ1) is 9.99. The first-order valence-electron chi connectivity index (χ1n) is 7.58. The fourth-order valence-corrected chi connectivity index (χ4v) is 3.41. The highest BCUT2D eigenvalue weighted by atomic mass is 35.5. The van der Waals surface area contributed by atoms with Gasteiger partial charge in [0.25, 0.3) is 5.91 Å². The Morgan fingerprint density at radius 3 is 2.57 bits per heavy atom. The minimum Gasteiger partial charge on any atom is -0.325 e. The molecule has 1 aromatic carbocycles. The highest BCUT2D eigenvalue weighted by Crippen LogP contribution is 2.25. The molecule has 2 rings (SSSR count). The van der Waals surface area contributed by atoms with Crippen LogP contribution in [-0.2, 0) is 4.79 Å². The molecule has 1 amide bonds. The van der Waals surface area contributed by atoms with Crippen LogP contribution in [0.1, 0.15) is 39.0 Å². The van der Waals surface area contributed by atoms with Crippen molar-refractivity contribution in [1.82, 2.24) is 0 Å². The van der Waals surface area contributed by atoms with Gasteiger partial charge in [0.2, 0.25) is 0 Å². The summed E-state index contributed by atoms with van der Waals surface area (Å²) in [5, 5.41) is 3.94. The molecule has 21 heavy (non-hydrogen) atoms. The lowest BCUT2D eigenvalue weighted by atomic mass is 9.93. The zero-order chi connectivity index (χ0) is 15.4. The van der Waals surface area contributed by atoms with Gasteiger partial charge in [0.05, 0.1) is 23.8 Å². The number of carbonyl (C=O) groups is 1. The summed E-state index contributed by atoms with van der Waals surface area (Å²) in [6.45, 7) is 1.98. The second-order valence-corrected chi connectivity index (χ2v) is 6.76. The number of quaternary nitrogens is 1. The Kier molecular flexibility index (Phi) is 5.91. The van der Waals surface area contributed by atoms with Gasteiger partial charge in [0.15, 0.2) is 6.04 Å². The van der Waals surface area contributed by atoms with E-state index in [0.717, 1.165) is 0 Å². The Morgan fingerprint density at radius 2 is 1.95 bits per heavy atom. The van der Waals surface area contributed by atoms with Gasteiger partial charge in [-0.3, -0.25) is 4.79 Å². The van der Waals surface area contributed by atoms with Crippen molar-refractivity contribution in [3.8, 4) is 0 Å². The van der Waals surface area contributed by atoms with Crippen LogP contribution in [0.3, 0.4) is 0 Å². The number of hydrogen-bond acceptors (Lipinski definition) is 1. The summed E-state index contributed by atoms with van der Waals surface area (Å²) in [6.07, 6.45) is 6.31. The molecule has 0 radical (unpaired) electrons. The van der Waals surface area contributed by atoms with Crippen LogP contribution >= 0.6 is 23.2 Å². The molecule has 1 aliphatic rings. The Balaban J connectivity index is 1.98. The lowest BCUT2D eigenvalue weighted by molar-refractivity contribution is -0.921. The molecular weight excluding hydrogens is 307 g/mol. The number of halogens is 2. The van der Waals surface area contributed by atoms with E-state index >= 15 is 0 Å². The quantitative estimate of drug-likeness (QED) is 0.874. The Hall–Kier alpha value is -0.770. The topological polar surface area (TPSA) is 33.5 Å². The van der Waals surface area contributed by atoms with E-state index in [2.05, 4.69) is 12.4 Å². The summed E-state index contributed by atoms with van der Waals surface area (Å²) < 4.78 is 0. The van der Waals surface area contributed by atoms with E-state index < -0.39 is 0 Å². The van der Waals surface area contributed by atoms with Crippen LogP contribution in [0.25, 0.3) is 0 Å². The summed E-state index contributed by atoms with van der Waals surface area (Å²) in [5.41, 5.74) is 0.620. The average Bonchev–Trinajstić information content (AvgIpc) is 2.49. The summed E-state index contributed by atoms with van der Waals surface area (Å²) in [6, 6.07) is 5.60. The zero-order valence-corrected chi connectivity index (χ0v) is 14.1. The molecule has 2 atom stereocenters. The minimum atomic E-state index is -0.0974. The highest BCUT2D eigenvalue weighted by molar-refractivity contribution is 6.36. The maximum Gasteiger partial charge on any atom is 0.282 e. The van der Waals surface area contributed by atoms with Crippen LogP contribution in [0.2, 0.25) is 10.0 Å². The molecule has 116 valence electrons. The van der Waals surface area contributed by atoms with Gasteiger partial charge in [0, 0.05) is 5.02 Å². The van der Waals surface area contributed by atoms with Crippen molar-refractivity contribution in [3.63, 3.8) is 0 Å². The van der Waals surface area contributed by atoms with E-state index in [-0.39, 0.29) is 11.9 Å². The summed E-state index contributed by atoms with van der Waals surface area (Å²) in [5.74, 6) is 0.00213. The van der Waals surface area contributed by atoms with E-state index in [9.17, 15) is 4.79 Å². The van der Waals surface area contributed by atoms with Gasteiger partial charge in [0.1, 0.15) is 0 Å². The van der Waals surface area contributed by atoms with Gasteiger partial charge in [-0.1, -0.05) is 29.6 Å². The molecule has 0 aromatic heterocycles. The normalized spacial score (nSPS) is 19.0. The van der Waals surface area contributed by atoms with Crippen molar-refractivity contribution < 1.29 is 9.69 Å². The molecule has 1 unspecified atom stereocenters. The second kappa shape index (κ2) is 7.48. The summed E-state index contributed by atoms with van der Waals surface area (Å²) >= 11 is 12.0. The van der Waals surface area contributed by atoms with Crippen molar-refractivity contribution in [3.05, 3.63) is 28.2 Å². The molecule has 1 fully saturated rings. The number of rotatable bonds is 4. The number of nitrogens with one attached hydrogen (secondary N) is 2. The number of anilines is 1.